The second-order valence-electron chi connectivity index (χ2n) is 5.84. The summed E-state index contributed by atoms with van der Waals surface area (Å²) in [4.78, 5) is 13.2. The number of alkyl halides is 3. The smallest absolute Gasteiger partial charge is 0.408 e. The normalized spacial score (nSPS) is 19.5. The molecule has 1 aromatic carbocycles. The number of halogens is 3. The van der Waals surface area contributed by atoms with Gasteiger partial charge >= 0.3 is 6.18 Å². The molecule has 132 valence electrons. The molecule has 6 nitrogen and oxygen atoms in total. The maximum absolute atomic E-state index is 13.0. The Morgan fingerprint density at radius 3 is 2.80 bits per heavy atom. The second-order valence-corrected chi connectivity index (χ2v) is 5.84. The highest BCUT2D eigenvalue weighted by molar-refractivity contribution is 5.93. The molecule has 0 spiro atoms. The zero-order valence-electron chi connectivity index (χ0n) is 12.9. The van der Waals surface area contributed by atoms with Crippen molar-refractivity contribution in [1.29, 1.82) is 0 Å². The van der Waals surface area contributed by atoms with E-state index < -0.39 is 18.1 Å². The second kappa shape index (κ2) is 5.68. The number of nitrogens with zero attached hydrogens (tertiary/aromatic N) is 2. The minimum absolute atomic E-state index is 0.0508. The maximum atomic E-state index is 13.0. The largest absolute Gasteiger partial charge is 0.454 e. The number of carbonyl (C=O) groups is 1. The molecular formula is C16H13F3N2O4. The van der Waals surface area contributed by atoms with Crippen molar-refractivity contribution in [3.63, 3.8) is 0 Å². The molecule has 0 unspecified atom stereocenters. The first-order chi connectivity index (χ1) is 11.9. The van der Waals surface area contributed by atoms with Crippen LogP contribution in [0.4, 0.5) is 13.2 Å². The van der Waals surface area contributed by atoms with Gasteiger partial charge in [-0.15, -0.1) is 0 Å². The van der Waals surface area contributed by atoms with Crippen molar-refractivity contribution < 1.29 is 32.0 Å². The molecule has 1 amide bonds. The van der Waals surface area contributed by atoms with Crippen LogP contribution in [0.2, 0.25) is 0 Å². The van der Waals surface area contributed by atoms with Gasteiger partial charge in [0.1, 0.15) is 6.04 Å². The third kappa shape index (κ3) is 2.79. The molecule has 0 aliphatic carbocycles. The first-order valence-corrected chi connectivity index (χ1v) is 7.68. The molecule has 0 radical (unpaired) electrons. The van der Waals surface area contributed by atoms with Crippen LogP contribution in [-0.4, -0.2) is 41.5 Å². The molecule has 2 aromatic rings. The molecule has 1 saturated heterocycles. The Kier molecular flexibility index (Phi) is 3.59. The van der Waals surface area contributed by atoms with Gasteiger partial charge in [0, 0.05) is 18.2 Å². The highest BCUT2D eigenvalue weighted by atomic mass is 19.4. The van der Waals surface area contributed by atoms with Crippen molar-refractivity contribution in [2.24, 2.45) is 0 Å². The van der Waals surface area contributed by atoms with Crippen molar-refractivity contribution in [3.05, 3.63) is 30.0 Å². The summed E-state index contributed by atoms with van der Waals surface area (Å²) in [6.45, 7) is 0.169. The summed E-state index contributed by atoms with van der Waals surface area (Å²) in [5.41, 5.74) is 0.438. The van der Waals surface area contributed by atoms with E-state index in [0.717, 1.165) is 4.90 Å². The quantitative estimate of drug-likeness (QED) is 0.828. The summed E-state index contributed by atoms with van der Waals surface area (Å²) < 4.78 is 54.7. The minimum atomic E-state index is -4.45. The standard InChI is InChI=1S/C16H13F3N2O4/c17-16(18,19)14-2-1-5-21(14)15(22)10-7-12(25-20-10)9-3-4-11-13(6-9)24-8-23-11/h3-4,6-7,14H,1-2,5,8H2/t14-/m1/s1. The van der Waals surface area contributed by atoms with Crippen molar-refractivity contribution in [3.8, 4) is 22.8 Å². The van der Waals surface area contributed by atoms with Crippen LogP contribution in [0.1, 0.15) is 23.3 Å². The molecule has 1 aromatic heterocycles. The molecule has 9 heteroatoms. The number of ether oxygens (including phenoxy) is 2. The number of likely N-dealkylation sites (tertiary alicyclic amines) is 1. The SMILES string of the molecule is O=C(c1cc(-c2ccc3c(c2)OCO3)on1)N1CCC[C@@H]1C(F)(F)F. The Morgan fingerprint density at radius 2 is 2.00 bits per heavy atom. The van der Waals surface area contributed by atoms with Crippen molar-refractivity contribution >= 4 is 5.91 Å². The van der Waals surface area contributed by atoms with Crippen LogP contribution >= 0.6 is 0 Å². The van der Waals surface area contributed by atoms with Gasteiger partial charge in [-0.3, -0.25) is 4.79 Å². The topological polar surface area (TPSA) is 64.8 Å². The van der Waals surface area contributed by atoms with Gasteiger partial charge in [-0.1, -0.05) is 5.16 Å². The third-order valence-electron chi connectivity index (χ3n) is 4.28. The average molecular weight is 354 g/mol. The third-order valence-corrected chi connectivity index (χ3v) is 4.28. The molecule has 25 heavy (non-hydrogen) atoms. The van der Waals surface area contributed by atoms with Crippen LogP contribution in [0.5, 0.6) is 11.5 Å². The van der Waals surface area contributed by atoms with E-state index in [-0.39, 0.29) is 31.2 Å². The lowest BCUT2D eigenvalue weighted by molar-refractivity contribution is -0.169. The Labute approximate surface area is 140 Å². The Morgan fingerprint density at radius 1 is 1.20 bits per heavy atom. The fraction of sp³-hybridized carbons (Fsp3) is 0.375. The fourth-order valence-electron chi connectivity index (χ4n) is 3.06. The number of hydrogen-bond acceptors (Lipinski definition) is 5. The molecular weight excluding hydrogens is 341 g/mol. The first kappa shape index (κ1) is 15.8. The van der Waals surface area contributed by atoms with E-state index in [2.05, 4.69) is 5.16 Å². The van der Waals surface area contributed by atoms with Crippen molar-refractivity contribution in [2.45, 2.75) is 25.1 Å². The molecule has 3 heterocycles. The van der Waals surface area contributed by atoms with Crippen molar-refractivity contribution in [2.75, 3.05) is 13.3 Å². The summed E-state index contributed by atoms with van der Waals surface area (Å²) in [7, 11) is 0. The highest BCUT2D eigenvalue weighted by Gasteiger charge is 2.48. The van der Waals surface area contributed by atoms with Crippen LogP contribution in [0.25, 0.3) is 11.3 Å². The Hall–Kier alpha value is -2.71. The van der Waals surface area contributed by atoms with E-state index in [4.69, 9.17) is 14.0 Å². The van der Waals surface area contributed by atoms with Crippen LogP contribution < -0.4 is 9.47 Å². The number of fused-ring (bicyclic) bond motifs is 1. The minimum Gasteiger partial charge on any atom is -0.454 e. The van der Waals surface area contributed by atoms with Crippen LogP contribution in [0.3, 0.4) is 0 Å². The van der Waals surface area contributed by atoms with E-state index >= 15 is 0 Å². The van der Waals surface area contributed by atoms with E-state index in [1.165, 1.54) is 6.07 Å². The number of hydrogen-bond donors (Lipinski definition) is 0. The summed E-state index contributed by atoms with van der Waals surface area (Å²) in [5.74, 6) is 0.600. The van der Waals surface area contributed by atoms with Gasteiger partial charge in [0.25, 0.3) is 5.91 Å². The van der Waals surface area contributed by atoms with Gasteiger partial charge in [-0.05, 0) is 31.0 Å². The number of benzene rings is 1. The van der Waals surface area contributed by atoms with Gasteiger partial charge in [0.2, 0.25) is 6.79 Å². The number of aromatic nitrogens is 1. The highest BCUT2D eigenvalue weighted by Crippen LogP contribution is 2.37. The van der Waals surface area contributed by atoms with E-state index in [1.54, 1.807) is 18.2 Å². The Bertz CT molecular complexity index is 818. The zero-order chi connectivity index (χ0) is 17.6. The monoisotopic (exact) mass is 354 g/mol. The summed E-state index contributed by atoms with van der Waals surface area (Å²) in [6.07, 6.45) is -4.24. The predicted molar refractivity (Wildman–Crippen MR) is 78.2 cm³/mol. The summed E-state index contributed by atoms with van der Waals surface area (Å²) in [6, 6.07) is 4.60. The van der Waals surface area contributed by atoms with E-state index in [1.807, 2.05) is 0 Å². The molecule has 2 aliphatic rings. The van der Waals surface area contributed by atoms with Crippen LogP contribution in [0, 0.1) is 0 Å². The van der Waals surface area contributed by atoms with Gasteiger partial charge < -0.3 is 18.9 Å². The van der Waals surface area contributed by atoms with Crippen LogP contribution in [0.15, 0.2) is 28.8 Å². The molecule has 0 saturated carbocycles. The molecule has 0 bridgehead atoms. The maximum Gasteiger partial charge on any atom is 0.408 e. The Balaban J connectivity index is 1.58. The lowest BCUT2D eigenvalue weighted by Gasteiger charge is -2.25. The molecule has 2 aliphatic heterocycles. The molecule has 1 fully saturated rings. The molecule has 1 atom stereocenters. The van der Waals surface area contributed by atoms with Gasteiger partial charge in [0.05, 0.1) is 0 Å². The summed E-state index contributed by atoms with van der Waals surface area (Å²) >= 11 is 0. The predicted octanol–water partition coefficient (Wildman–Crippen LogP) is 3.24. The number of amides is 1. The number of carbonyl (C=O) groups excluding carboxylic acids is 1. The lowest BCUT2D eigenvalue weighted by atomic mass is 10.1. The zero-order valence-corrected chi connectivity index (χ0v) is 12.9. The van der Waals surface area contributed by atoms with Gasteiger partial charge in [0.15, 0.2) is 23.0 Å². The van der Waals surface area contributed by atoms with E-state index in [0.29, 0.717) is 23.5 Å². The number of rotatable bonds is 2. The lowest BCUT2D eigenvalue weighted by Crippen LogP contribution is -2.44. The van der Waals surface area contributed by atoms with E-state index in [9.17, 15) is 18.0 Å². The van der Waals surface area contributed by atoms with Crippen molar-refractivity contribution in [1.82, 2.24) is 10.1 Å². The fourth-order valence-corrected chi connectivity index (χ4v) is 3.06. The van der Waals surface area contributed by atoms with Gasteiger partial charge in [-0.25, -0.2) is 0 Å². The van der Waals surface area contributed by atoms with Crippen LogP contribution in [-0.2, 0) is 0 Å². The average Bonchev–Trinajstić information content (AvgIpc) is 3.30. The molecule has 4 rings (SSSR count). The molecule has 0 N–H and O–H groups in total. The summed E-state index contributed by atoms with van der Waals surface area (Å²) in [5, 5.41) is 3.64. The van der Waals surface area contributed by atoms with Gasteiger partial charge in [-0.2, -0.15) is 13.2 Å². The first-order valence-electron chi connectivity index (χ1n) is 7.68.